The molecule has 1 aromatic rings. The molecule has 0 atom stereocenters. The summed E-state index contributed by atoms with van der Waals surface area (Å²) in [6, 6.07) is 9.37. The van der Waals surface area contributed by atoms with Gasteiger partial charge in [0.15, 0.2) is 6.61 Å². The van der Waals surface area contributed by atoms with Crippen molar-refractivity contribution >= 4 is 5.91 Å². The van der Waals surface area contributed by atoms with Crippen molar-refractivity contribution in [3.05, 3.63) is 30.3 Å². The van der Waals surface area contributed by atoms with Gasteiger partial charge in [-0.05, 0) is 30.4 Å². The molecule has 3 nitrogen and oxygen atoms in total. The molecule has 0 bridgehead atoms. The summed E-state index contributed by atoms with van der Waals surface area (Å²) in [5, 5.41) is 2.86. The van der Waals surface area contributed by atoms with Crippen LogP contribution in [-0.4, -0.2) is 19.1 Å². The summed E-state index contributed by atoms with van der Waals surface area (Å²) in [4.78, 5) is 11.5. The van der Waals surface area contributed by atoms with E-state index in [9.17, 15) is 4.79 Å². The Hall–Kier alpha value is -1.51. The average Bonchev–Trinajstić information content (AvgIpc) is 2.32. The van der Waals surface area contributed by atoms with Crippen LogP contribution in [-0.2, 0) is 4.79 Å². The van der Waals surface area contributed by atoms with Gasteiger partial charge in [-0.2, -0.15) is 0 Å². The normalized spacial score (nSPS) is 11.1. The molecule has 1 aromatic carbocycles. The zero-order chi connectivity index (χ0) is 13.4. The first kappa shape index (κ1) is 14.6. The van der Waals surface area contributed by atoms with Crippen molar-refractivity contribution in [2.75, 3.05) is 13.2 Å². The van der Waals surface area contributed by atoms with Gasteiger partial charge in [-0.25, -0.2) is 0 Å². The maximum Gasteiger partial charge on any atom is 0.257 e. The van der Waals surface area contributed by atoms with Crippen molar-refractivity contribution in [1.29, 1.82) is 0 Å². The van der Waals surface area contributed by atoms with E-state index in [2.05, 4.69) is 26.1 Å². The summed E-state index contributed by atoms with van der Waals surface area (Å²) < 4.78 is 5.35. The standard InChI is InChI=1S/C15H23NO2/c1-15(2,3)10-7-11-16-14(17)12-18-13-8-5-4-6-9-13/h4-6,8-9H,7,10-12H2,1-3H3,(H,16,17). The van der Waals surface area contributed by atoms with Crippen molar-refractivity contribution in [2.24, 2.45) is 5.41 Å². The highest BCUT2D eigenvalue weighted by atomic mass is 16.5. The minimum Gasteiger partial charge on any atom is -0.484 e. The molecule has 0 spiro atoms. The van der Waals surface area contributed by atoms with Gasteiger partial charge < -0.3 is 10.1 Å². The van der Waals surface area contributed by atoms with E-state index >= 15 is 0 Å². The molecule has 0 aliphatic rings. The molecule has 0 aromatic heterocycles. The van der Waals surface area contributed by atoms with Crippen LogP contribution in [0.2, 0.25) is 0 Å². The molecular weight excluding hydrogens is 226 g/mol. The lowest BCUT2D eigenvalue weighted by atomic mass is 9.91. The van der Waals surface area contributed by atoms with E-state index in [0.717, 1.165) is 18.6 Å². The maximum atomic E-state index is 11.5. The highest BCUT2D eigenvalue weighted by Crippen LogP contribution is 2.19. The first-order valence-corrected chi connectivity index (χ1v) is 6.42. The second kappa shape index (κ2) is 7.04. The molecule has 1 N–H and O–H groups in total. The average molecular weight is 249 g/mol. The number of carbonyl (C=O) groups is 1. The molecule has 0 aliphatic heterocycles. The number of ether oxygens (including phenoxy) is 1. The Morgan fingerprint density at radius 2 is 1.89 bits per heavy atom. The number of carbonyl (C=O) groups excluding carboxylic acids is 1. The van der Waals surface area contributed by atoms with Crippen LogP contribution in [0.15, 0.2) is 30.3 Å². The number of hydrogen-bond acceptors (Lipinski definition) is 2. The van der Waals surface area contributed by atoms with E-state index in [0.29, 0.717) is 12.0 Å². The largest absolute Gasteiger partial charge is 0.484 e. The highest BCUT2D eigenvalue weighted by Gasteiger charge is 2.09. The van der Waals surface area contributed by atoms with Gasteiger partial charge in [0, 0.05) is 6.54 Å². The summed E-state index contributed by atoms with van der Waals surface area (Å²) in [5.41, 5.74) is 0.325. The number of para-hydroxylation sites is 1. The van der Waals surface area contributed by atoms with Crippen LogP contribution in [0.1, 0.15) is 33.6 Å². The van der Waals surface area contributed by atoms with E-state index in [1.807, 2.05) is 30.3 Å². The quantitative estimate of drug-likeness (QED) is 0.787. The van der Waals surface area contributed by atoms with Crippen LogP contribution < -0.4 is 10.1 Å². The van der Waals surface area contributed by atoms with Crippen LogP contribution in [0.4, 0.5) is 0 Å². The lowest BCUT2D eigenvalue weighted by Gasteiger charge is -2.17. The zero-order valence-corrected chi connectivity index (χ0v) is 11.5. The Morgan fingerprint density at radius 1 is 1.22 bits per heavy atom. The van der Waals surface area contributed by atoms with Crippen molar-refractivity contribution in [3.63, 3.8) is 0 Å². The Bertz CT molecular complexity index is 355. The molecule has 18 heavy (non-hydrogen) atoms. The van der Waals surface area contributed by atoms with Crippen LogP contribution in [0.5, 0.6) is 5.75 Å². The number of benzene rings is 1. The van der Waals surface area contributed by atoms with Gasteiger partial charge >= 0.3 is 0 Å². The summed E-state index contributed by atoms with van der Waals surface area (Å²) >= 11 is 0. The van der Waals surface area contributed by atoms with Gasteiger partial charge in [-0.1, -0.05) is 39.0 Å². The van der Waals surface area contributed by atoms with E-state index < -0.39 is 0 Å². The minimum atomic E-state index is -0.0623. The molecule has 0 fully saturated rings. The molecule has 0 heterocycles. The van der Waals surface area contributed by atoms with E-state index in [1.54, 1.807) is 0 Å². The van der Waals surface area contributed by atoms with E-state index in [4.69, 9.17) is 4.74 Å². The predicted octanol–water partition coefficient (Wildman–Crippen LogP) is 3.01. The maximum absolute atomic E-state index is 11.5. The SMILES string of the molecule is CC(C)(C)CCCNC(=O)COc1ccccc1. The van der Waals surface area contributed by atoms with Crippen LogP contribution in [0.3, 0.4) is 0 Å². The molecular formula is C15H23NO2. The second-order valence-corrected chi connectivity index (χ2v) is 5.62. The van der Waals surface area contributed by atoms with Gasteiger partial charge in [-0.15, -0.1) is 0 Å². The Labute approximate surface area is 110 Å². The Balaban J connectivity index is 2.11. The van der Waals surface area contributed by atoms with Crippen molar-refractivity contribution in [2.45, 2.75) is 33.6 Å². The first-order chi connectivity index (χ1) is 8.47. The number of amides is 1. The number of nitrogens with one attached hydrogen (secondary N) is 1. The first-order valence-electron chi connectivity index (χ1n) is 6.42. The molecule has 1 amide bonds. The Morgan fingerprint density at radius 3 is 2.50 bits per heavy atom. The van der Waals surface area contributed by atoms with Crippen molar-refractivity contribution < 1.29 is 9.53 Å². The van der Waals surface area contributed by atoms with Gasteiger partial charge in [0.05, 0.1) is 0 Å². The predicted molar refractivity (Wildman–Crippen MR) is 73.6 cm³/mol. The summed E-state index contributed by atoms with van der Waals surface area (Å²) in [5.74, 6) is 0.662. The topological polar surface area (TPSA) is 38.3 Å². The van der Waals surface area contributed by atoms with Gasteiger partial charge in [0.1, 0.15) is 5.75 Å². The third kappa shape index (κ3) is 6.94. The molecule has 100 valence electrons. The third-order valence-corrected chi connectivity index (χ3v) is 2.54. The smallest absolute Gasteiger partial charge is 0.257 e. The fraction of sp³-hybridized carbons (Fsp3) is 0.533. The molecule has 1 rings (SSSR count). The molecule has 0 radical (unpaired) electrons. The molecule has 0 saturated heterocycles. The monoisotopic (exact) mass is 249 g/mol. The van der Waals surface area contributed by atoms with E-state index in [1.165, 1.54) is 0 Å². The fourth-order valence-electron chi connectivity index (χ4n) is 1.56. The van der Waals surface area contributed by atoms with Gasteiger partial charge in [-0.3, -0.25) is 4.79 Å². The van der Waals surface area contributed by atoms with Crippen molar-refractivity contribution in [1.82, 2.24) is 5.32 Å². The third-order valence-electron chi connectivity index (χ3n) is 2.54. The zero-order valence-electron chi connectivity index (χ0n) is 11.5. The van der Waals surface area contributed by atoms with Gasteiger partial charge in [0.2, 0.25) is 0 Å². The van der Waals surface area contributed by atoms with Crippen LogP contribution in [0, 0.1) is 5.41 Å². The Kier molecular flexibility index (Phi) is 5.69. The fourth-order valence-corrected chi connectivity index (χ4v) is 1.56. The summed E-state index contributed by atoms with van der Waals surface area (Å²) in [6.07, 6.45) is 2.10. The van der Waals surface area contributed by atoms with Gasteiger partial charge in [0.25, 0.3) is 5.91 Å². The highest BCUT2D eigenvalue weighted by molar-refractivity contribution is 5.77. The lowest BCUT2D eigenvalue weighted by Crippen LogP contribution is -2.30. The molecule has 0 unspecified atom stereocenters. The minimum absolute atomic E-state index is 0.0623. The molecule has 0 saturated carbocycles. The summed E-state index contributed by atoms with van der Waals surface area (Å²) in [6.45, 7) is 7.40. The summed E-state index contributed by atoms with van der Waals surface area (Å²) in [7, 11) is 0. The van der Waals surface area contributed by atoms with Crippen LogP contribution in [0.25, 0.3) is 0 Å². The molecule has 3 heteroatoms. The number of rotatable bonds is 6. The number of hydrogen-bond donors (Lipinski definition) is 1. The van der Waals surface area contributed by atoms with E-state index in [-0.39, 0.29) is 12.5 Å². The van der Waals surface area contributed by atoms with Crippen LogP contribution >= 0.6 is 0 Å². The molecule has 0 aliphatic carbocycles. The van der Waals surface area contributed by atoms with Crippen molar-refractivity contribution in [3.8, 4) is 5.75 Å². The lowest BCUT2D eigenvalue weighted by molar-refractivity contribution is -0.123. The second-order valence-electron chi connectivity index (χ2n) is 5.62.